The molecule has 0 unspecified atom stereocenters. The summed E-state index contributed by atoms with van der Waals surface area (Å²) >= 11 is 0. The van der Waals surface area contributed by atoms with Gasteiger partial charge in [0.25, 0.3) is 0 Å². The molecule has 2 aliphatic carbocycles. The van der Waals surface area contributed by atoms with E-state index in [0.717, 1.165) is 13.1 Å². The van der Waals surface area contributed by atoms with Crippen LogP contribution in [-0.4, -0.2) is 17.7 Å². The average molecular weight is 564 g/mol. The number of nitrogens with zero attached hydrogens (tertiary/aromatic N) is 1. The smallest absolute Gasteiger partial charge is 0.0755 e. The van der Waals surface area contributed by atoms with E-state index in [1.165, 1.54) is 83.4 Å². The molecule has 0 saturated carbocycles. The molecule has 0 atom stereocenters. The van der Waals surface area contributed by atoms with Gasteiger partial charge >= 0.3 is 0 Å². The molecule has 0 radical (unpaired) electrons. The normalized spacial score (nSPS) is 17.1. The number of dihydropyridines is 2. The fraction of sp³-hybridized carbons (Fsp3) is 0.0732. The summed E-state index contributed by atoms with van der Waals surface area (Å²) in [7, 11) is 0. The summed E-state index contributed by atoms with van der Waals surface area (Å²) in [5.74, 6) is 0. The van der Waals surface area contributed by atoms with Crippen molar-refractivity contribution in [1.82, 2.24) is 15.2 Å². The van der Waals surface area contributed by atoms with Crippen molar-refractivity contribution in [3.8, 4) is 27.9 Å². The van der Waals surface area contributed by atoms with Crippen LogP contribution in [0, 0.1) is 0 Å². The summed E-state index contributed by atoms with van der Waals surface area (Å²) in [6, 6.07) is 42.5. The van der Waals surface area contributed by atoms with E-state index in [2.05, 4.69) is 155 Å². The molecule has 4 aliphatic rings. The molecule has 0 saturated heterocycles. The van der Waals surface area contributed by atoms with Gasteiger partial charge in [0.1, 0.15) is 0 Å². The monoisotopic (exact) mass is 563 g/mol. The predicted octanol–water partition coefficient (Wildman–Crippen LogP) is 8.56. The second-order valence-electron chi connectivity index (χ2n) is 12.1. The summed E-state index contributed by atoms with van der Waals surface area (Å²) in [6.45, 7) is 1.69. The van der Waals surface area contributed by atoms with Crippen LogP contribution in [-0.2, 0) is 5.41 Å². The summed E-state index contributed by atoms with van der Waals surface area (Å²) < 4.78 is 2.45. The Hall–Kier alpha value is -5.54. The van der Waals surface area contributed by atoms with Crippen LogP contribution in [0.3, 0.4) is 0 Å². The lowest BCUT2D eigenvalue weighted by Gasteiger charge is -2.33. The van der Waals surface area contributed by atoms with Crippen LogP contribution in [0.25, 0.3) is 49.7 Å². The molecular formula is C41H29N3. The maximum atomic E-state index is 3.75. The molecule has 1 aromatic heterocycles. The Morgan fingerprint density at radius 1 is 0.523 bits per heavy atom. The molecule has 6 aromatic rings. The first-order valence-electron chi connectivity index (χ1n) is 15.5. The standard InChI is InChI=1S/C41H29N3/c1-3-11-26(12-4-1)27-19-20-37-31(23-27)32-24-36-30(25-38(32)44(37)28-13-5-2-6-14-28)29-15-7-8-16-33(29)41(36)34-17-9-21-42-39(34)40-35(41)18-10-22-43-40/h1-20,23-25,42-43H,21-22H2. The van der Waals surface area contributed by atoms with Crippen LogP contribution in [0.4, 0.5) is 0 Å². The van der Waals surface area contributed by atoms with Crippen molar-refractivity contribution < 1.29 is 0 Å². The Balaban J connectivity index is 1.36. The highest BCUT2D eigenvalue weighted by Gasteiger charge is 2.54. The summed E-state index contributed by atoms with van der Waals surface area (Å²) in [6.07, 6.45) is 9.29. The molecule has 5 aromatic carbocycles. The minimum Gasteiger partial charge on any atom is -0.380 e. The number of rotatable bonds is 2. The fourth-order valence-electron chi connectivity index (χ4n) is 8.28. The van der Waals surface area contributed by atoms with Gasteiger partial charge < -0.3 is 15.2 Å². The van der Waals surface area contributed by atoms with Crippen LogP contribution in [0.1, 0.15) is 11.1 Å². The zero-order chi connectivity index (χ0) is 28.8. The molecule has 3 nitrogen and oxygen atoms in total. The second-order valence-corrected chi connectivity index (χ2v) is 12.1. The molecule has 2 N–H and O–H groups in total. The molecular weight excluding hydrogens is 534 g/mol. The molecule has 44 heavy (non-hydrogen) atoms. The summed E-state index contributed by atoms with van der Waals surface area (Å²) in [5.41, 5.74) is 16.3. The van der Waals surface area contributed by atoms with Gasteiger partial charge in [0, 0.05) is 29.5 Å². The molecule has 208 valence electrons. The van der Waals surface area contributed by atoms with Crippen LogP contribution >= 0.6 is 0 Å². The largest absolute Gasteiger partial charge is 0.380 e. The Kier molecular flexibility index (Phi) is 4.76. The minimum atomic E-state index is -0.378. The number of hydrogen-bond acceptors (Lipinski definition) is 2. The molecule has 3 heteroatoms. The average Bonchev–Trinajstić information content (AvgIpc) is 3.69. The van der Waals surface area contributed by atoms with E-state index in [-0.39, 0.29) is 5.41 Å². The Bertz CT molecular complexity index is 2270. The van der Waals surface area contributed by atoms with E-state index in [4.69, 9.17) is 0 Å². The Morgan fingerprint density at radius 2 is 1.18 bits per heavy atom. The Labute approximate surface area is 256 Å². The molecule has 0 bridgehead atoms. The van der Waals surface area contributed by atoms with Gasteiger partial charge in [0.05, 0.1) is 27.8 Å². The van der Waals surface area contributed by atoms with Crippen molar-refractivity contribution in [2.24, 2.45) is 0 Å². The third-order valence-corrected chi connectivity index (χ3v) is 10.0. The first-order valence-corrected chi connectivity index (χ1v) is 15.5. The molecule has 0 amide bonds. The van der Waals surface area contributed by atoms with Gasteiger partial charge in [-0.2, -0.15) is 0 Å². The summed E-state index contributed by atoms with van der Waals surface area (Å²) in [4.78, 5) is 0. The van der Waals surface area contributed by atoms with Crippen LogP contribution in [0.2, 0.25) is 0 Å². The highest BCUT2D eigenvalue weighted by atomic mass is 15.0. The van der Waals surface area contributed by atoms with Crippen LogP contribution in [0.5, 0.6) is 0 Å². The number of fused-ring (bicyclic) bond motifs is 11. The molecule has 10 rings (SSSR count). The van der Waals surface area contributed by atoms with Crippen molar-refractivity contribution in [3.05, 3.63) is 173 Å². The second kappa shape index (κ2) is 8.75. The molecule has 2 aliphatic heterocycles. The topological polar surface area (TPSA) is 29.0 Å². The first-order chi connectivity index (χ1) is 21.8. The number of para-hydroxylation sites is 1. The predicted molar refractivity (Wildman–Crippen MR) is 181 cm³/mol. The number of hydrogen-bond donors (Lipinski definition) is 2. The highest BCUT2D eigenvalue weighted by Crippen LogP contribution is 2.62. The maximum absolute atomic E-state index is 3.75. The number of nitrogens with one attached hydrogen (secondary N) is 2. The van der Waals surface area contributed by atoms with Crippen LogP contribution in [0.15, 0.2) is 162 Å². The van der Waals surface area contributed by atoms with E-state index >= 15 is 0 Å². The quantitative estimate of drug-likeness (QED) is 0.221. The van der Waals surface area contributed by atoms with E-state index < -0.39 is 0 Å². The summed E-state index contributed by atoms with van der Waals surface area (Å²) in [5, 5.41) is 10.0. The van der Waals surface area contributed by atoms with E-state index in [1.807, 2.05) is 0 Å². The minimum absolute atomic E-state index is 0.378. The van der Waals surface area contributed by atoms with Crippen molar-refractivity contribution >= 4 is 21.8 Å². The number of allylic oxidation sites excluding steroid dienone is 4. The fourth-order valence-corrected chi connectivity index (χ4v) is 8.28. The first kappa shape index (κ1) is 24.0. The van der Waals surface area contributed by atoms with Crippen molar-refractivity contribution in [1.29, 1.82) is 0 Å². The molecule has 0 fully saturated rings. The van der Waals surface area contributed by atoms with Gasteiger partial charge in [-0.1, -0.05) is 103 Å². The lowest BCUT2D eigenvalue weighted by Crippen LogP contribution is -2.30. The third kappa shape index (κ3) is 2.96. The van der Waals surface area contributed by atoms with Gasteiger partial charge in [0.2, 0.25) is 0 Å². The van der Waals surface area contributed by atoms with Crippen molar-refractivity contribution in [2.45, 2.75) is 5.41 Å². The van der Waals surface area contributed by atoms with E-state index in [9.17, 15) is 0 Å². The highest BCUT2D eigenvalue weighted by molar-refractivity contribution is 6.13. The van der Waals surface area contributed by atoms with Crippen molar-refractivity contribution in [2.75, 3.05) is 13.1 Å². The van der Waals surface area contributed by atoms with Gasteiger partial charge in [-0.05, 0) is 80.9 Å². The van der Waals surface area contributed by atoms with Gasteiger partial charge in [-0.15, -0.1) is 0 Å². The third-order valence-electron chi connectivity index (χ3n) is 10.0. The lowest BCUT2D eigenvalue weighted by molar-refractivity contribution is 0.757. The SMILES string of the molecule is C1=CC2=C(NC1)C1=C(C=CCN1)C21c2ccccc2-c2cc3c(cc21)c1cc(-c2ccccc2)ccc1n3-c1ccccc1. The maximum Gasteiger partial charge on any atom is 0.0755 e. The number of benzene rings is 5. The zero-order valence-electron chi connectivity index (χ0n) is 24.1. The molecule has 1 spiro atoms. The zero-order valence-corrected chi connectivity index (χ0v) is 24.1. The van der Waals surface area contributed by atoms with Crippen LogP contribution < -0.4 is 10.6 Å². The van der Waals surface area contributed by atoms with Gasteiger partial charge in [-0.25, -0.2) is 0 Å². The van der Waals surface area contributed by atoms with Crippen molar-refractivity contribution in [3.63, 3.8) is 0 Å². The Morgan fingerprint density at radius 3 is 1.93 bits per heavy atom. The number of aromatic nitrogens is 1. The van der Waals surface area contributed by atoms with Gasteiger partial charge in [0.15, 0.2) is 0 Å². The molecule has 3 heterocycles. The van der Waals surface area contributed by atoms with E-state index in [1.54, 1.807) is 0 Å². The van der Waals surface area contributed by atoms with Gasteiger partial charge in [-0.3, -0.25) is 0 Å². The lowest BCUT2D eigenvalue weighted by atomic mass is 9.68. The van der Waals surface area contributed by atoms with E-state index in [0.29, 0.717) is 0 Å².